The zero-order valence-electron chi connectivity index (χ0n) is 19.4. The van der Waals surface area contributed by atoms with Gasteiger partial charge in [0.15, 0.2) is 8.32 Å². The van der Waals surface area contributed by atoms with Crippen LogP contribution in [-0.2, 0) is 18.7 Å². The van der Waals surface area contributed by atoms with Crippen LogP contribution in [0, 0.1) is 0 Å². The summed E-state index contributed by atoms with van der Waals surface area (Å²) in [5, 5.41) is 0. The molecule has 0 aromatic heterocycles. The van der Waals surface area contributed by atoms with Crippen molar-refractivity contribution in [1.29, 1.82) is 0 Å². The number of hydrogen-bond acceptors (Lipinski definition) is 4. The van der Waals surface area contributed by atoms with E-state index in [9.17, 15) is 4.79 Å². The van der Waals surface area contributed by atoms with Gasteiger partial charge in [-0.1, -0.05) is 57.6 Å². The molecule has 0 aromatic carbocycles. The molecule has 2 atom stereocenters. The molecule has 0 aliphatic heterocycles. The molecule has 0 aromatic rings. The van der Waals surface area contributed by atoms with Crippen LogP contribution in [0.4, 0.5) is 0 Å². The molecule has 0 saturated carbocycles. The summed E-state index contributed by atoms with van der Waals surface area (Å²) in [7, 11) is 1.65. The topological polar surface area (TPSA) is 44.8 Å². The minimum Gasteiger partial charge on any atom is -0.469 e. The summed E-state index contributed by atoms with van der Waals surface area (Å²) in [6, 6.07) is 0. The summed E-state index contributed by atoms with van der Waals surface area (Å²) < 4.78 is 17.0. The average Bonchev–Trinajstić information content (AvgIpc) is 2.64. The highest BCUT2D eigenvalue weighted by atomic mass is 28.4. The van der Waals surface area contributed by atoms with Gasteiger partial charge in [-0.25, -0.2) is 0 Å². The monoisotopic (exact) mass is 414 g/mol. The number of rotatable bonds is 18. The molecule has 5 heteroatoms. The second kappa shape index (κ2) is 17.2. The van der Waals surface area contributed by atoms with E-state index < -0.39 is 8.32 Å². The van der Waals surface area contributed by atoms with Crippen molar-refractivity contribution < 1.29 is 18.7 Å². The summed E-state index contributed by atoms with van der Waals surface area (Å²) >= 11 is 0. The van der Waals surface area contributed by atoms with Gasteiger partial charge in [0.2, 0.25) is 0 Å². The Labute approximate surface area is 175 Å². The Morgan fingerprint density at radius 2 is 1.57 bits per heavy atom. The van der Waals surface area contributed by atoms with Crippen LogP contribution >= 0.6 is 0 Å². The molecular weight excluding hydrogens is 368 g/mol. The Balaban J connectivity index is 4.30. The Morgan fingerprint density at radius 3 is 2.18 bits per heavy atom. The molecule has 0 amide bonds. The number of carbonyl (C=O) groups is 1. The summed E-state index contributed by atoms with van der Waals surface area (Å²) in [5.41, 5.74) is 0. The van der Waals surface area contributed by atoms with Crippen molar-refractivity contribution in [2.45, 2.75) is 116 Å². The van der Waals surface area contributed by atoms with Crippen LogP contribution in [0.2, 0.25) is 19.6 Å². The molecule has 0 spiro atoms. The van der Waals surface area contributed by atoms with Gasteiger partial charge < -0.3 is 13.9 Å². The maximum Gasteiger partial charge on any atom is 0.305 e. The minimum absolute atomic E-state index is 0.103. The summed E-state index contributed by atoms with van der Waals surface area (Å²) in [4.78, 5) is 11.1. The highest BCUT2D eigenvalue weighted by Crippen LogP contribution is 2.21. The third kappa shape index (κ3) is 16.3. The molecule has 0 N–H and O–H groups in total. The van der Waals surface area contributed by atoms with E-state index in [1.807, 2.05) is 7.11 Å². The van der Waals surface area contributed by atoms with Crippen LogP contribution in [0.5, 0.6) is 0 Å². The first-order valence-corrected chi connectivity index (χ1v) is 14.7. The lowest BCUT2D eigenvalue weighted by Crippen LogP contribution is -2.39. The van der Waals surface area contributed by atoms with Crippen molar-refractivity contribution in [3.8, 4) is 0 Å². The first-order valence-electron chi connectivity index (χ1n) is 11.3. The lowest BCUT2D eigenvalue weighted by Gasteiger charge is -2.31. The van der Waals surface area contributed by atoms with Crippen molar-refractivity contribution in [2.75, 3.05) is 14.2 Å². The second-order valence-electron chi connectivity index (χ2n) is 8.63. The molecular formula is C23H46O4Si. The lowest BCUT2D eigenvalue weighted by atomic mass is 10.0. The van der Waals surface area contributed by atoms with Crippen LogP contribution in [0.25, 0.3) is 0 Å². The lowest BCUT2D eigenvalue weighted by molar-refractivity contribution is -0.140. The number of methoxy groups -OCH3 is 2. The molecule has 2 unspecified atom stereocenters. The quantitative estimate of drug-likeness (QED) is 0.109. The van der Waals surface area contributed by atoms with Gasteiger partial charge in [-0.2, -0.15) is 0 Å². The Bertz CT molecular complexity index is 404. The van der Waals surface area contributed by atoms with Crippen LogP contribution < -0.4 is 0 Å². The van der Waals surface area contributed by atoms with Gasteiger partial charge >= 0.3 is 5.97 Å². The highest BCUT2D eigenvalue weighted by Gasteiger charge is 2.27. The van der Waals surface area contributed by atoms with Crippen LogP contribution in [-0.4, -0.2) is 40.7 Å². The van der Waals surface area contributed by atoms with Crippen molar-refractivity contribution in [3.63, 3.8) is 0 Å². The highest BCUT2D eigenvalue weighted by molar-refractivity contribution is 6.69. The predicted molar refractivity (Wildman–Crippen MR) is 121 cm³/mol. The number of hydrogen-bond donors (Lipinski definition) is 0. The van der Waals surface area contributed by atoms with Crippen molar-refractivity contribution in [1.82, 2.24) is 0 Å². The molecule has 0 heterocycles. The van der Waals surface area contributed by atoms with Crippen LogP contribution in [0.1, 0.15) is 84.0 Å². The second-order valence-corrected chi connectivity index (χ2v) is 13.1. The van der Waals surface area contributed by atoms with E-state index in [0.29, 0.717) is 6.42 Å². The SMILES string of the molecule is CCCCCC=CCC(O[Si](C)(C)C)C(CCCCCCCC(=O)OC)OC. The molecule has 28 heavy (non-hydrogen) atoms. The van der Waals surface area contributed by atoms with E-state index in [-0.39, 0.29) is 18.2 Å². The molecule has 0 aliphatic rings. The van der Waals surface area contributed by atoms with Gasteiger partial charge in [-0.3, -0.25) is 4.79 Å². The molecule has 166 valence electrons. The average molecular weight is 415 g/mol. The van der Waals surface area contributed by atoms with Gasteiger partial charge in [-0.05, 0) is 51.7 Å². The molecule has 0 aliphatic carbocycles. The molecule has 0 saturated heterocycles. The Hall–Kier alpha value is -0.653. The van der Waals surface area contributed by atoms with E-state index in [1.54, 1.807) is 0 Å². The fraction of sp³-hybridized carbons (Fsp3) is 0.870. The van der Waals surface area contributed by atoms with Crippen LogP contribution in [0.3, 0.4) is 0 Å². The van der Waals surface area contributed by atoms with E-state index in [0.717, 1.165) is 44.9 Å². The number of unbranched alkanes of at least 4 members (excludes halogenated alkanes) is 7. The summed E-state index contributed by atoms with van der Waals surface area (Å²) in [6.45, 7) is 8.99. The first kappa shape index (κ1) is 27.3. The molecule has 0 rings (SSSR count). The molecule has 0 radical (unpaired) electrons. The summed E-state index contributed by atoms with van der Waals surface area (Å²) in [6.07, 6.45) is 17.9. The molecule has 4 nitrogen and oxygen atoms in total. The fourth-order valence-corrected chi connectivity index (χ4v) is 4.45. The van der Waals surface area contributed by atoms with Crippen LogP contribution in [0.15, 0.2) is 12.2 Å². The van der Waals surface area contributed by atoms with Crippen molar-refractivity contribution >= 4 is 14.3 Å². The standard InChI is InChI=1S/C23H46O4Si/c1-7-8-9-10-12-16-19-22(27-28(4,5)6)21(25-2)18-15-13-11-14-17-20-23(24)26-3/h12,16,21-22H,7-11,13-15,17-20H2,1-6H3. The third-order valence-electron chi connectivity index (χ3n) is 4.83. The number of carbonyl (C=O) groups excluding carboxylic acids is 1. The van der Waals surface area contributed by atoms with Gasteiger partial charge in [0, 0.05) is 13.5 Å². The van der Waals surface area contributed by atoms with Gasteiger partial charge in [0.05, 0.1) is 19.3 Å². The van der Waals surface area contributed by atoms with Crippen molar-refractivity contribution in [3.05, 3.63) is 12.2 Å². The third-order valence-corrected chi connectivity index (χ3v) is 5.84. The van der Waals surface area contributed by atoms with E-state index in [2.05, 4.69) is 43.5 Å². The predicted octanol–water partition coefficient (Wildman–Crippen LogP) is 6.65. The van der Waals surface area contributed by atoms with Crippen molar-refractivity contribution in [2.24, 2.45) is 0 Å². The van der Waals surface area contributed by atoms with Gasteiger partial charge in [-0.15, -0.1) is 0 Å². The largest absolute Gasteiger partial charge is 0.469 e. The maximum absolute atomic E-state index is 11.1. The van der Waals surface area contributed by atoms with E-state index in [4.69, 9.17) is 9.16 Å². The van der Waals surface area contributed by atoms with E-state index >= 15 is 0 Å². The van der Waals surface area contributed by atoms with Gasteiger partial charge in [0.1, 0.15) is 0 Å². The normalized spacial score (nSPS) is 14.4. The Morgan fingerprint density at radius 1 is 0.893 bits per heavy atom. The van der Waals surface area contributed by atoms with Gasteiger partial charge in [0.25, 0.3) is 0 Å². The summed E-state index contributed by atoms with van der Waals surface area (Å²) in [5.74, 6) is -0.103. The fourth-order valence-electron chi connectivity index (χ4n) is 3.29. The zero-order chi connectivity index (χ0) is 21.3. The minimum atomic E-state index is -1.62. The zero-order valence-corrected chi connectivity index (χ0v) is 20.4. The maximum atomic E-state index is 11.1. The number of ether oxygens (including phenoxy) is 2. The first-order chi connectivity index (χ1) is 13.3. The molecule has 0 fully saturated rings. The number of allylic oxidation sites excluding steroid dienone is 1. The smallest absolute Gasteiger partial charge is 0.305 e. The molecule has 0 bridgehead atoms. The number of esters is 1. The van der Waals surface area contributed by atoms with E-state index in [1.165, 1.54) is 32.8 Å². The Kier molecular flexibility index (Phi) is 16.8.